The van der Waals surface area contributed by atoms with Crippen molar-refractivity contribution in [3.05, 3.63) is 83.9 Å². The fourth-order valence-electron chi connectivity index (χ4n) is 2.83. The highest BCUT2D eigenvalue weighted by atomic mass is 19.1. The van der Waals surface area contributed by atoms with Crippen LogP contribution >= 0.6 is 0 Å². The average molecular weight is 359 g/mol. The second-order valence-corrected chi connectivity index (χ2v) is 6.36. The zero-order valence-electron chi connectivity index (χ0n) is 15.0. The summed E-state index contributed by atoms with van der Waals surface area (Å²) >= 11 is 0. The van der Waals surface area contributed by atoms with Gasteiger partial charge in [0.2, 0.25) is 0 Å². The van der Waals surface area contributed by atoms with Crippen LogP contribution in [-0.2, 0) is 0 Å². The highest BCUT2D eigenvalue weighted by molar-refractivity contribution is 5.91. The molecule has 0 atom stereocenters. The molecule has 0 saturated carbocycles. The SMILES string of the molecule is Cc1cc2ncnc(Nc3cc(Oc4ccccc4)ccc3F)c2cc1C. The first-order chi connectivity index (χ1) is 13.1. The van der Waals surface area contributed by atoms with Crippen LogP contribution in [0.25, 0.3) is 10.9 Å². The zero-order valence-corrected chi connectivity index (χ0v) is 15.0. The van der Waals surface area contributed by atoms with Gasteiger partial charge in [-0.3, -0.25) is 0 Å². The topological polar surface area (TPSA) is 47.0 Å². The summed E-state index contributed by atoms with van der Waals surface area (Å²) in [6.07, 6.45) is 1.47. The highest BCUT2D eigenvalue weighted by Gasteiger charge is 2.10. The molecule has 1 N–H and O–H groups in total. The maximum absolute atomic E-state index is 14.4. The Kier molecular flexibility index (Phi) is 4.42. The van der Waals surface area contributed by atoms with Crippen LogP contribution in [0.3, 0.4) is 0 Å². The van der Waals surface area contributed by atoms with Crippen LogP contribution in [0.5, 0.6) is 11.5 Å². The van der Waals surface area contributed by atoms with E-state index >= 15 is 0 Å². The van der Waals surface area contributed by atoms with Gasteiger partial charge >= 0.3 is 0 Å². The van der Waals surface area contributed by atoms with Gasteiger partial charge in [-0.25, -0.2) is 14.4 Å². The van der Waals surface area contributed by atoms with Gasteiger partial charge in [-0.15, -0.1) is 0 Å². The lowest BCUT2D eigenvalue weighted by Gasteiger charge is -2.12. The van der Waals surface area contributed by atoms with Crippen molar-refractivity contribution in [3.63, 3.8) is 0 Å². The quantitative estimate of drug-likeness (QED) is 0.491. The molecule has 0 saturated heterocycles. The highest BCUT2D eigenvalue weighted by Crippen LogP contribution is 2.30. The second kappa shape index (κ2) is 7.03. The number of nitrogens with zero attached hydrogens (tertiary/aromatic N) is 2. The summed E-state index contributed by atoms with van der Waals surface area (Å²) in [7, 11) is 0. The number of aromatic nitrogens is 2. The van der Waals surface area contributed by atoms with Crippen molar-refractivity contribution in [2.75, 3.05) is 5.32 Å². The average Bonchev–Trinajstić information content (AvgIpc) is 2.67. The van der Waals surface area contributed by atoms with E-state index in [1.54, 1.807) is 12.1 Å². The van der Waals surface area contributed by atoms with Crippen molar-refractivity contribution in [1.82, 2.24) is 9.97 Å². The third-order valence-electron chi connectivity index (χ3n) is 4.42. The molecular weight excluding hydrogens is 341 g/mol. The molecule has 0 aliphatic heterocycles. The van der Waals surface area contributed by atoms with E-state index in [4.69, 9.17) is 4.74 Å². The molecule has 5 heteroatoms. The Morgan fingerprint density at radius 3 is 2.44 bits per heavy atom. The van der Waals surface area contributed by atoms with Gasteiger partial charge in [0.05, 0.1) is 11.2 Å². The molecule has 0 spiro atoms. The third-order valence-corrected chi connectivity index (χ3v) is 4.42. The maximum atomic E-state index is 14.4. The van der Waals surface area contributed by atoms with Crippen molar-refractivity contribution in [2.45, 2.75) is 13.8 Å². The molecule has 4 aromatic rings. The summed E-state index contributed by atoms with van der Waals surface area (Å²) in [5, 5.41) is 3.92. The lowest BCUT2D eigenvalue weighted by atomic mass is 10.1. The van der Waals surface area contributed by atoms with Crippen LogP contribution in [0.15, 0.2) is 67.0 Å². The molecule has 1 heterocycles. The molecule has 4 nitrogen and oxygen atoms in total. The summed E-state index contributed by atoms with van der Waals surface area (Å²) in [6.45, 7) is 4.06. The minimum atomic E-state index is -0.383. The number of hydrogen-bond donors (Lipinski definition) is 1. The number of aryl methyl sites for hydroxylation is 2. The normalized spacial score (nSPS) is 10.8. The van der Waals surface area contributed by atoms with Gasteiger partial charge in [-0.1, -0.05) is 18.2 Å². The number of rotatable bonds is 4. The molecule has 0 radical (unpaired) electrons. The predicted molar refractivity (Wildman–Crippen MR) is 105 cm³/mol. The number of ether oxygens (including phenoxy) is 1. The molecular formula is C22H18FN3O. The van der Waals surface area contributed by atoms with Gasteiger partial charge in [-0.2, -0.15) is 0 Å². The van der Waals surface area contributed by atoms with Crippen LogP contribution in [0.4, 0.5) is 15.9 Å². The van der Waals surface area contributed by atoms with Crippen LogP contribution in [0, 0.1) is 19.7 Å². The number of nitrogens with one attached hydrogen (secondary N) is 1. The van der Waals surface area contributed by atoms with E-state index < -0.39 is 0 Å². The number of halogens is 1. The van der Waals surface area contributed by atoms with Crippen molar-refractivity contribution in [1.29, 1.82) is 0 Å². The number of anilines is 2. The molecule has 0 fully saturated rings. The minimum absolute atomic E-state index is 0.293. The van der Waals surface area contributed by atoms with E-state index in [0.29, 0.717) is 23.0 Å². The van der Waals surface area contributed by atoms with Crippen molar-refractivity contribution in [2.24, 2.45) is 0 Å². The minimum Gasteiger partial charge on any atom is -0.457 e. The molecule has 4 rings (SSSR count). The first kappa shape index (κ1) is 17.0. The molecule has 0 aliphatic rings. The van der Waals surface area contributed by atoms with Gasteiger partial charge in [0.15, 0.2) is 0 Å². The molecule has 0 aliphatic carbocycles. The van der Waals surface area contributed by atoms with E-state index in [1.807, 2.05) is 56.3 Å². The Bertz CT molecular complexity index is 1110. The smallest absolute Gasteiger partial charge is 0.146 e. The summed E-state index contributed by atoms with van der Waals surface area (Å²) in [5.74, 6) is 1.40. The summed E-state index contributed by atoms with van der Waals surface area (Å²) in [6, 6.07) is 18.0. The van der Waals surface area contributed by atoms with Gasteiger partial charge in [0, 0.05) is 11.5 Å². The van der Waals surface area contributed by atoms with E-state index in [0.717, 1.165) is 22.0 Å². The van der Waals surface area contributed by atoms with Gasteiger partial charge < -0.3 is 10.1 Å². The number of fused-ring (bicyclic) bond motifs is 1. The van der Waals surface area contributed by atoms with Crippen molar-refractivity contribution < 1.29 is 9.13 Å². The van der Waals surface area contributed by atoms with E-state index in [9.17, 15) is 4.39 Å². The number of benzene rings is 3. The van der Waals surface area contributed by atoms with E-state index in [-0.39, 0.29) is 5.82 Å². The lowest BCUT2D eigenvalue weighted by molar-refractivity contribution is 0.481. The maximum Gasteiger partial charge on any atom is 0.146 e. The number of para-hydroxylation sites is 1. The first-order valence-electron chi connectivity index (χ1n) is 8.61. The summed E-state index contributed by atoms with van der Waals surface area (Å²) in [4.78, 5) is 8.61. The van der Waals surface area contributed by atoms with Gasteiger partial charge in [0.25, 0.3) is 0 Å². The van der Waals surface area contributed by atoms with E-state index in [2.05, 4.69) is 15.3 Å². The van der Waals surface area contributed by atoms with Crippen molar-refractivity contribution in [3.8, 4) is 11.5 Å². The number of hydrogen-bond acceptors (Lipinski definition) is 4. The largest absolute Gasteiger partial charge is 0.457 e. The first-order valence-corrected chi connectivity index (χ1v) is 8.61. The fraction of sp³-hybridized carbons (Fsp3) is 0.0909. The monoisotopic (exact) mass is 359 g/mol. The van der Waals surface area contributed by atoms with Crippen molar-refractivity contribution >= 4 is 22.4 Å². The molecule has 0 unspecified atom stereocenters. The second-order valence-electron chi connectivity index (χ2n) is 6.36. The van der Waals surface area contributed by atoms with Gasteiger partial charge in [-0.05, 0) is 61.4 Å². The van der Waals surface area contributed by atoms with E-state index in [1.165, 1.54) is 12.4 Å². The molecule has 1 aromatic heterocycles. The molecule has 0 amide bonds. The standard InChI is InChI=1S/C22H18FN3O/c1-14-10-18-20(11-15(14)2)24-13-25-22(18)26-21-12-17(8-9-19(21)23)27-16-6-4-3-5-7-16/h3-13H,1-2H3,(H,24,25,26). The van der Waals surface area contributed by atoms with Crippen LogP contribution in [0.2, 0.25) is 0 Å². The lowest BCUT2D eigenvalue weighted by Crippen LogP contribution is -1.99. The van der Waals surface area contributed by atoms with Gasteiger partial charge in [0.1, 0.15) is 29.5 Å². The summed E-state index contributed by atoms with van der Waals surface area (Å²) in [5.41, 5.74) is 3.38. The third kappa shape index (κ3) is 3.58. The molecule has 27 heavy (non-hydrogen) atoms. The molecule has 134 valence electrons. The predicted octanol–water partition coefficient (Wildman–Crippen LogP) is 5.92. The van der Waals surface area contributed by atoms with Crippen LogP contribution in [-0.4, -0.2) is 9.97 Å². The molecule has 3 aromatic carbocycles. The Hall–Kier alpha value is -3.47. The van der Waals surface area contributed by atoms with Crippen LogP contribution in [0.1, 0.15) is 11.1 Å². The Balaban J connectivity index is 1.69. The fourth-order valence-corrected chi connectivity index (χ4v) is 2.83. The Morgan fingerprint density at radius 1 is 0.852 bits per heavy atom. The molecule has 0 bridgehead atoms. The van der Waals surface area contributed by atoms with Crippen LogP contribution < -0.4 is 10.1 Å². The Morgan fingerprint density at radius 2 is 1.63 bits per heavy atom. The zero-order chi connectivity index (χ0) is 18.8. The Labute approximate surface area is 156 Å². The summed E-state index contributed by atoms with van der Waals surface area (Å²) < 4.78 is 20.2.